The molecule has 0 radical (unpaired) electrons. The van der Waals surface area contributed by atoms with Crippen LogP contribution in [0.15, 0.2) is 144 Å². The molecule has 2 saturated heterocycles. The summed E-state index contributed by atoms with van der Waals surface area (Å²) in [5.74, 6) is -0.138. The Hall–Kier alpha value is -6.88. The number of benzene rings is 4. The number of amides is 1. The number of carbonyl (C=O) groups is 4. The number of nitrogens with one attached hydrogen (secondary N) is 3. The van der Waals surface area contributed by atoms with E-state index in [2.05, 4.69) is 57.1 Å². The highest BCUT2D eigenvalue weighted by Gasteiger charge is 2.35. The first-order valence-corrected chi connectivity index (χ1v) is 30.6. The Balaban J connectivity index is 0.000000249. The smallest absolute Gasteiger partial charge is 0.323 e. The lowest BCUT2D eigenvalue weighted by Crippen LogP contribution is -2.40. The van der Waals surface area contributed by atoms with Gasteiger partial charge in [-0.25, -0.2) is 55.0 Å². The molecule has 0 unspecified atom stereocenters. The molecule has 0 aliphatic carbocycles. The normalized spacial score (nSPS) is 16.3. The number of likely N-dealkylation sites (tertiary alicyclic amines) is 1. The van der Waals surface area contributed by atoms with Crippen molar-refractivity contribution in [3.63, 3.8) is 0 Å². The molecule has 4 aromatic carbocycles. The van der Waals surface area contributed by atoms with E-state index in [0.29, 0.717) is 59.6 Å². The Morgan fingerprint density at radius 3 is 1.48 bits per heavy atom. The van der Waals surface area contributed by atoms with Gasteiger partial charge >= 0.3 is 5.97 Å². The van der Waals surface area contributed by atoms with Gasteiger partial charge in [-0.2, -0.15) is 13.5 Å². The van der Waals surface area contributed by atoms with E-state index in [9.17, 15) is 44.8 Å². The van der Waals surface area contributed by atoms with E-state index in [0.717, 1.165) is 33.2 Å². The number of rotatable bonds is 18. The first kappa shape index (κ1) is 68.9. The number of fused-ring (bicyclic) bond motifs is 2. The van der Waals surface area contributed by atoms with Crippen LogP contribution in [0.3, 0.4) is 0 Å². The van der Waals surface area contributed by atoms with Crippen LogP contribution < -0.4 is 14.8 Å². The van der Waals surface area contributed by atoms with Crippen molar-refractivity contribution in [1.82, 2.24) is 48.7 Å². The zero-order chi connectivity index (χ0) is 60.0. The first-order valence-electron chi connectivity index (χ1n) is 26.3. The number of alkyl halides is 2. The number of nitrogens with zero attached hydrogens (tertiary/aromatic N) is 7. The van der Waals surface area contributed by atoms with E-state index in [4.69, 9.17) is 5.11 Å². The summed E-state index contributed by atoms with van der Waals surface area (Å²) >= 11 is 7.33. The molecule has 85 heavy (non-hydrogen) atoms. The van der Waals surface area contributed by atoms with Crippen molar-refractivity contribution in [3.05, 3.63) is 157 Å². The van der Waals surface area contributed by atoms with Crippen molar-refractivity contribution in [3.8, 4) is 22.3 Å². The monoisotopic (exact) mass is 1280 g/mol. The largest absolute Gasteiger partial charge is 0.480 e. The summed E-state index contributed by atoms with van der Waals surface area (Å²) in [4.78, 5) is 67.4. The van der Waals surface area contributed by atoms with Crippen molar-refractivity contribution in [1.29, 1.82) is 0 Å². The van der Waals surface area contributed by atoms with Gasteiger partial charge in [0.05, 0.1) is 16.3 Å². The summed E-state index contributed by atoms with van der Waals surface area (Å²) in [6.07, 6.45) is 9.65. The molecule has 27 heteroatoms. The maximum Gasteiger partial charge on any atom is 0.323 e. The fourth-order valence-electron chi connectivity index (χ4n) is 9.76. The summed E-state index contributed by atoms with van der Waals surface area (Å²) in [5.41, 5.74) is 5.80. The second kappa shape index (κ2) is 31.5. The molecule has 4 N–H and O–H groups in total. The average molecular weight is 1280 g/mol. The van der Waals surface area contributed by atoms with Gasteiger partial charge in [0.1, 0.15) is 37.1 Å². The van der Waals surface area contributed by atoms with Crippen LogP contribution in [0.25, 0.3) is 44.1 Å². The number of hydrogen-bond donors (Lipinski definition) is 4. The number of aromatic nitrogens is 6. The molecule has 2 aliphatic rings. The van der Waals surface area contributed by atoms with Gasteiger partial charge in [-0.05, 0) is 107 Å². The predicted octanol–water partition coefficient (Wildman–Crippen LogP) is 8.20. The number of carboxylic acids is 1. The highest BCUT2D eigenvalue weighted by molar-refractivity contribution is 8.07. The fraction of sp³-hybridized carbons (Fsp3) is 0.310. The average Bonchev–Trinajstić information content (AvgIpc) is 4.09. The van der Waals surface area contributed by atoms with Gasteiger partial charge < -0.3 is 24.5 Å². The number of carbonyl (C=O) groups excluding carboxylic acids is 3. The Morgan fingerprint density at radius 2 is 1.07 bits per heavy atom. The third kappa shape index (κ3) is 18.3. The molecule has 452 valence electrons. The number of Topliss-reactive ketones (excluding diaryl/α,β-unsaturated/α-hetero) is 2. The number of sulfonamides is 2. The second-order valence-corrected chi connectivity index (χ2v) is 23.4. The van der Waals surface area contributed by atoms with Crippen LogP contribution in [-0.4, -0.2) is 130 Å². The van der Waals surface area contributed by atoms with E-state index < -0.39 is 44.4 Å². The zero-order valence-electron chi connectivity index (χ0n) is 46.7. The van der Waals surface area contributed by atoms with E-state index in [-0.39, 0.29) is 98.2 Å². The molecule has 6 heterocycles. The van der Waals surface area contributed by atoms with Gasteiger partial charge in [0.25, 0.3) is 0 Å². The predicted molar refractivity (Wildman–Crippen MR) is 334 cm³/mol. The molecule has 1 amide bonds. The SMILES string of the molecule is CC(=O)c1cn(CC(=O)N2C[C@H](F)C[C@H]2CCNS(=O)(=O)c2ccccc2)c2ccc(-c3cnc(C)nc3)cc12.CC(=O)c1cn(CC(=O)O)c2ccc(-c3cnc(C)nc3)cc12.Cl.O=S(=O)(NCC[C@@H]1C[C@@H](F)CN1)c1ccccc1.S.S=S. The molecular formula is C58H65ClF2N10O9S5. The molecule has 8 aromatic rings. The molecule has 0 spiro atoms. The summed E-state index contributed by atoms with van der Waals surface area (Å²) in [7, 11) is -7.14. The van der Waals surface area contributed by atoms with Crippen molar-refractivity contribution in [2.24, 2.45) is 0 Å². The number of hydrogen-bond acceptors (Lipinski definition) is 15. The first-order chi connectivity index (χ1) is 39.6. The van der Waals surface area contributed by atoms with Crippen LogP contribution in [-0.2, 0) is 65.1 Å². The topological polar surface area (TPSA) is 258 Å². The molecule has 0 bridgehead atoms. The Morgan fingerprint density at radius 1 is 0.635 bits per heavy atom. The van der Waals surface area contributed by atoms with Crippen LogP contribution in [0.1, 0.15) is 71.9 Å². The lowest BCUT2D eigenvalue weighted by Gasteiger charge is -2.25. The minimum atomic E-state index is -3.70. The van der Waals surface area contributed by atoms with Crippen molar-refractivity contribution < 1.29 is 49.9 Å². The third-order valence-electron chi connectivity index (χ3n) is 13.9. The van der Waals surface area contributed by atoms with Crippen molar-refractivity contribution in [2.75, 3.05) is 26.2 Å². The molecule has 2 fully saturated rings. The molecular weight excluding hydrogens is 1210 g/mol. The summed E-state index contributed by atoms with van der Waals surface area (Å²) < 4.78 is 84.5. The maximum absolute atomic E-state index is 14.4. The van der Waals surface area contributed by atoms with E-state index >= 15 is 0 Å². The third-order valence-corrected chi connectivity index (χ3v) is 16.8. The molecule has 2 aliphatic heterocycles. The van der Waals surface area contributed by atoms with Gasteiger partial charge in [0.2, 0.25) is 26.0 Å². The Labute approximate surface area is 515 Å². The highest BCUT2D eigenvalue weighted by atomic mass is 35.5. The fourth-order valence-corrected chi connectivity index (χ4v) is 11.9. The molecule has 10 rings (SSSR count). The second-order valence-electron chi connectivity index (χ2n) is 19.8. The van der Waals surface area contributed by atoms with Gasteiger partial charge in [-0.15, -0.1) is 12.4 Å². The standard InChI is InChI=1S/C29H30FN5O4S.C17H15N3O3.C12H17FN2O2S.ClH.S2.H2S/c1-19(36)27-17-34(28-9-8-21(12-26(27)28)22-14-31-20(2)32-15-22)18-29(37)35-16-23(30)13-24(35)10-11-33-40(38,39)25-6-4-3-5-7-25;1-10(21)15-8-20(9-17(22)23)16-4-3-12(5-14(15)16)13-6-18-11(2)19-7-13;13-10-8-11(14-9-10)6-7-15-18(16,17)12-4-2-1-3-5-12;;1-2;/h3-9,12,14-15,17,23-24,33H,10-11,13,16,18H2,1-2H3;3-8H,9H2,1-2H3,(H,22,23);1-5,10-11,14-15H,6-9H2;1H;;1H2/t23-,24-;;10-,11-;;;/m1.1.../s1. The van der Waals surface area contributed by atoms with Gasteiger partial charge in [0.15, 0.2) is 11.6 Å². The molecule has 19 nitrogen and oxygen atoms in total. The lowest BCUT2D eigenvalue weighted by molar-refractivity contribution is -0.137. The van der Waals surface area contributed by atoms with Gasteiger partial charge in [-0.3, -0.25) is 19.2 Å². The van der Waals surface area contributed by atoms with Crippen LogP contribution in [0, 0.1) is 13.8 Å². The van der Waals surface area contributed by atoms with Crippen molar-refractivity contribution in [2.45, 2.75) is 101 Å². The Kier molecular flexibility index (Phi) is 25.5. The number of carboxylic acid groups (broad SMARTS) is 1. The number of ketones is 2. The van der Waals surface area contributed by atoms with E-state index in [1.165, 1.54) is 30.9 Å². The lowest BCUT2D eigenvalue weighted by atomic mass is 10.0. The summed E-state index contributed by atoms with van der Waals surface area (Å²) in [6, 6.07) is 27.0. The zero-order valence-corrected chi connectivity index (χ0v) is 51.8. The Bertz CT molecular complexity index is 3810. The van der Waals surface area contributed by atoms with E-state index in [1.807, 2.05) is 43.3 Å². The summed E-state index contributed by atoms with van der Waals surface area (Å²) in [6.45, 7) is 7.02. The minimum Gasteiger partial charge on any atom is -0.480 e. The van der Waals surface area contributed by atoms with Gasteiger partial charge in [-0.1, -0.05) is 48.5 Å². The van der Waals surface area contributed by atoms with Crippen LogP contribution in [0.2, 0.25) is 0 Å². The minimum absolute atomic E-state index is 0. The number of aliphatic carboxylic acids is 1. The van der Waals surface area contributed by atoms with Crippen LogP contribution in [0.4, 0.5) is 8.78 Å². The molecule has 4 atom stereocenters. The number of aryl methyl sites for hydroxylation is 2. The number of halogens is 3. The van der Waals surface area contributed by atoms with Crippen molar-refractivity contribution >= 4 is 114 Å². The maximum atomic E-state index is 14.4. The highest BCUT2D eigenvalue weighted by Crippen LogP contribution is 2.31. The molecule has 4 aromatic heterocycles. The van der Waals surface area contributed by atoms with Crippen LogP contribution in [0.5, 0.6) is 0 Å². The summed E-state index contributed by atoms with van der Waals surface area (Å²) in [5, 5.41) is 13.5. The van der Waals surface area contributed by atoms with Gasteiger partial charge in [0, 0.05) is 142 Å². The molecule has 0 saturated carbocycles. The quantitative estimate of drug-likeness (QED) is 0.0590. The van der Waals surface area contributed by atoms with E-state index in [1.54, 1.807) is 102 Å². The van der Waals surface area contributed by atoms with Crippen LogP contribution >= 0.6 is 25.9 Å².